The topological polar surface area (TPSA) is 60.9 Å². The van der Waals surface area contributed by atoms with Gasteiger partial charge in [-0.1, -0.05) is 0 Å². The second kappa shape index (κ2) is 4.30. The average Bonchev–Trinajstić information content (AvgIpc) is 2.08. The second-order valence-electron chi connectivity index (χ2n) is 3.70. The molecule has 80 valence electrons. The molecule has 1 heterocycles. The van der Waals surface area contributed by atoms with Crippen LogP contribution in [0.15, 0.2) is 0 Å². The summed E-state index contributed by atoms with van der Waals surface area (Å²) in [6.07, 6.45) is 0.922. The van der Waals surface area contributed by atoms with Gasteiger partial charge in [0, 0.05) is 26.2 Å². The van der Waals surface area contributed by atoms with Gasteiger partial charge < -0.3 is 14.9 Å². The molecule has 5 nitrogen and oxygen atoms in total. The molecule has 1 aliphatic heterocycles. The number of amides is 2. The highest BCUT2D eigenvalue weighted by molar-refractivity contribution is 5.76. The van der Waals surface area contributed by atoms with Crippen LogP contribution >= 0.6 is 0 Å². The fourth-order valence-electron chi connectivity index (χ4n) is 1.66. The molecule has 0 radical (unpaired) electrons. The molecule has 1 N–H and O–H groups in total. The molecule has 1 fully saturated rings. The van der Waals surface area contributed by atoms with E-state index in [0.717, 1.165) is 13.0 Å². The van der Waals surface area contributed by atoms with E-state index in [1.165, 1.54) is 0 Å². The number of carbonyl (C=O) groups excluding carboxylic acids is 1. The summed E-state index contributed by atoms with van der Waals surface area (Å²) in [4.78, 5) is 25.3. The predicted molar refractivity (Wildman–Crippen MR) is 51.1 cm³/mol. The zero-order valence-corrected chi connectivity index (χ0v) is 8.56. The van der Waals surface area contributed by atoms with Crippen molar-refractivity contribution in [3.63, 3.8) is 0 Å². The van der Waals surface area contributed by atoms with Crippen LogP contribution in [0.3, 0.4) is 0 Å². The van der Waals surface area contributed by atoms with E-state index in [1.54, 1.807) is 23.8 Å². The summed E-state index contributed by atoms with van der Waals surface area (Å²) < 4.78 is 0. The summed E-state index contributed by atoms with van der Waals surface area (Å²) in [5, 5.41) is 8.62. The lowest BCUT2D eigenvalue weighted by molar-refractivity contribution is -0.138. The number of hydrogen-bond acceptors (Lipinski definition) is 2. The maximum atomic E-state index is 11.6. The van der Waals surface area contributed by atoms with Crippen LogP contribution in [0.2, 0.25) is 0 Å². The van der Waals surface area contributed by atoms with Crippen LogP contribution in [-0.4, -0.2) is 53.1 Å². The summed E-state index contributed by atoms with van der Waals surface area (Å²) in [5.74, 6) is -0.862. The van der Waals surface area contributed by atoms with Gasteiger partial charge in [0.25, 0.3) is 0 Å². The van der Waals surface area contributed by atoms with Gasteiger partial charge in [-0.15, -0.1) is 0 Å². The Balaban J connectivity index is 2.57. The van der Waals surface area contributed by atoms with Crippen LogP contribution < -0.4 is 0 Å². The maximum absolute atomic E-state index is 11.6. The van der Waals surface area contributed by atoms with Gasteiger partial charge in [0.1, 0.15) is 0 Å². The van der Waals surface area contributed by atoms with E-state index >= 15 is 0 Å². The van der Waals surface area contributed by atoms with Crippen molar-refractivity contribution in [2.24, 2.45) is 0 Å². The number of nitrogens with zero attached hydrogens (tertiary/aromatic N) is 2. The lowest BCUT2D eigenvalue weighted by Gasteiger charge is -2.36. The molecule has 0 aliphatic carbocycles. The van der Waals surface area contributed by atoms with Gasteiger partial charge in [-0.2, -0.15) is 0 Å². The van der Waals surface area contributed by atoms with E-state index in [1.807, 2.05) is 0 Å². The normalized spacial score (nSPS) is 19.7. The zero-order chi connectivity index (χ0) is 10.7. The fourth-order valence-corrected chi connectivity index (χ4v) is 1.66. The summed E-state index contributed by atoms with van der Waals surface area (Å²) in [6, 6.07) is -0.284. The third-order valence-corrected chi connectivity index (χ3v) is 2.47. The standard InChI is InChI=1S/C9H16N2O3/c1-7(6-8(12)13)11-5-3-4-10(2)9(11)14/h7H,3-6H2,1-2H3,(H,12,13). The number of carboxylic acid groups (broad SMARTS) is 1. The first-order valence-electron chi connectivity index (χ1n) is 4.76. The monoisotopic (exact) mass is 200 g/mol. The molecule has 0 saturated carbocycles. The summed E-state index contributed by atoms with van der Waals surface area (Å²) in [5.41, 5.74) is 0. The first-order chi connectivity index (χ1) is 6.52. The molecule has 1 unspecified atom stereocenters. The van der Waals surface area contributed by atoms with Crippen molar-refractivity contribution in [2.75, 3.05) is 20.1 Å². The predicted octanol–water partition coefficient (Wildman–Crippen LogP) is 0.607. The molecular weight excluding hydrogens is 184 g/mol. The van der Waals surface area contributed by atoms with Crippen molar-refractivity contribution in [1.29, 1.82) is 0 Å². The molecule has 0 spiro atoms. The Bertz CT molecular complexity index is 242. The molecule has 0 bridgehead atoms. The minimum atomic E-state index is -0.862. The Kier molecular flexibility index (Phi) is 3.33. The number of carboxylic acids is 1. The maximum Gasteiger partial charge on any atom is 0.319 e. The van der Waals surface area contributed by atoms with Gasteiger partial charge in [-0.05, 0) is 13.3 Å². The Morgan fingerprint density at radius 2 is 2.21 bits per heavy atom. The van der Waals surface area contributed by atoms with Crippen molar-refractivity contribution in [2.45, 2.75) is 25.8 Å². The van der Waals surface area contributed by atoms with E-state index in [0.29, 0.717) is 6.54 Å². The summed E-state index contributed by atoms with van der Waals surface area (Å²) in [6.45, 7) is 3.19. The Hall–Kier alpha value is -1.26. The lowest BCUT2D eigenvalue weighted by atomic mass is 10.1. The Morgan fingerprint density at radius 1 is 1.57 bits per heavy atom. The van der Waals surface area contributed by atoms with Crippen LogP contribution in [0.4, 0.5) is 4.79 Å². The minimum absolute atomic E-state index is 0.0135. The largest absolute Gasteiger partial charge is 0.481 e. The number of carbonyl (C=O) groups is 2. The van der Waals surface area contributed by atoms with Crippen LogP contribution in [0.5, 0.6) is 0 Å². The minimum Gasteiger partial charge on any atom is -0.481 e. The molecule has 2 amide bonds. The highest BCUT2D eigenvalue weighted by Gasteiger charge is 2.27. The second-order valence-corrected chi connectivity index (χ2v) is 3.70. The van der Waals surface area contributed by atoms with E-state index < -0.39 is 5.97 Å². The SMILES string of the molecule is CC(CC(=O)O)N1CCCN(C)C1=O. The summed E-state index contributed by atoms with van der Waals surface area (Å²) in [7, 11) is 1.74. The van der Waals surface area contributed by atoms with Gasteiger partial charge in [0.2, 0.25) is 0 Å². The molecule has 0 aromatic heterocycles. The number of hydrogen-bond donors (Lipinski definition) is 1. The van der Waals surface area contributed by atoms with Crippen molar-refractivity contribution < 1.29 is 14.7 Å². The van der Waals surface area contributed by atoms with Gasteiger partial charge in [0.15, 0.2) is 0 Å². The molecule has 1 saturated heterocycles. The first kappa shape index (κ1) is 10.8. The molecule has 0 aromatic rings. The molecule has 1 rings (SSSR count). The van der Waals surface area contributed by atoms with Crippen molar-refractivity contribution in [3.8, 4) is 0 Å². The highest BCUT2D eigenvalue weighted by Crippen LogP contribution is 2.12. The molecule has 5 heteroatoms. The third-order valence-electron chi connectivity index (χ3n) is 2.47. The lowest BCUT2D eigenvalue weighted by Crippen LogP contribution is -2.51. The van der Waals surface area contributed by atoms with Gasteiger partial charge in [-0.3, -0.25) is 4.79 Å². The van der Waals surface area contributed by atoms with Gasteiger partial charge >= 0.3 is 12.0 Å². The van der Waals surface area contributed by atoms with E-state index in [9.17, 15) is 9.59 Å². The molecule has 0 aromatic carbocycles. The smallest absolute Gasteiger partial charge is 0.319 e. The van der Waals surface area contributed by atoms with Crippen LogP contribution in [-0.2, 0) is 4.79 Å². The Labute approximate surface area is 83.3 Å². The van der Waals surface area contributed by atoms with Crippen molar-refractivity contribution >= 4 is 12.0 Å². The quantitative estimate of drug-likeness (QED) is 0.726. The fraction of sp³-hybridized carbons (Fsp3) is 0.778. The number of rotatable bonds is 3. The van der Waals surface area contributed by atoms with Gasteiger partial charge in [0.05, 0.1) is 6.42 Å². The average molecular weight is 200 g/mol. The number of aliphatic carboxylic acids is 1. The molecular formula is C9H16N2O3. The molecule has 1 atom stereocenters. The molecule has 14 heavy (non-hydrogen) atoms. The van der Waals surface area contributed by atoms with Crippen molar-refractivity contribution in [3.05, 3.63) is 0 Å². The Morgan fingerprint density at radius 3 is 2.79 bits per heavy atom. The van der Waals surface area contributed by atoms with Crippen molar-refractivity contribution in [1.82, 2.24) is 9.80 Å². The van der Waals surface area contributed by atoms with Gasteiger partial charge in [-0.25, -0.2) is 4.79 Å². The summed E-state index contributed by atoms with van der Waals surface area (Å²) >= 11 is 0. The highest BCUT2D eigenvalue weighted by atomic mass is 16.4. The van der Waals surface area contributed by atoms with E-state index in [-0.39, 0.29) is 18.5 Å². The van der Waals surface area contributed by atoms with E-state index in [2.05, 4.69) is 0 Å². The van der Waals surface area contributed by atoms with E-state index in [4.69, 9.17) is 5.11 Å². The zero-order valence-electron chi connectivity index (χ0n) is 8.56. The molecule has 1 aliphatic rings. The number of urea groups is 1. The van der Waals surface area contributed by atoms with Crippen LogP contribution in [0, 0.1) is 0 Å². The first-order valence-corrected chi connectivity index (χ1v) is 4.76. The van der Waals surface area contributed by atoms with Crippen LogP contribution in [0.25, 0.3) is 0 Å². The third kappa shape index (κ3) is 2.37. The van der Waals surface area contributed by atoms with Crippen LogP contribution in [0.1, 0.15) is 19.8 Å².